The summed E-state index contributed by atoms with van der Waals surface area (Å²) in [7, 11) is 0. The van der Waals surface area contributed by atoms with Gasteiger partial charge in [-0.25, -0.2) is 13.6 Å². The number of H-pyrrole nitrogens is 1. The van der Waals surface area contributed by atoms with Gasteiger partial charge in [-0.1, -0.05) is 0 Å². The monoisotopic (exact) mass is 360 g/mol. The molecule has 11 heteroatoms. The summed E-state index contributed by atoms with van der Waals surface area (Å²) in [6.07, 6.45) is -1.84. The van der Waals surface area contributed by atoms with Crippen LogP contribution in [0.5, 0.6) is 0 Å². The van der Waals surface area contributed by atoms with E-state index in [9.17, 15) is 28.0 Å². The Hall–Kier alpha value is -2.56. The van der Waals surface area contributed by atoms with Crippen LogP contribution >= 0.6 is 0 Å². The van der Waals surface area contributed by atoms with Crippen molar-refractivity contribution in [2.24, 2.45) is 5.92 Å². The molecular weight excluding hydrogens is 346 g/mol. The van der Waals surface area contributed by atoms with E-state index in [1.807, 2.05) is 4.98 Å². The highest BCUT2D eigenvalue weighted by molar-refractivity contribution is 5.67. The maximum absolute atomic E-state index is 14.2. The molecule has 1 saturated carbocycles. The molecule has 2 fully saturated rings. The average Bonchev–Trinajstić information content (AvgIpc) is 2.78. The normalized spacial score (nSPS) is 31.9. The minimum atomic E-state index is -3.41. The van der Waals surface area contributed by atoms with Crippen molar-refractivity contribution in [2.75, 3.05) is 6.61 Å². The highest BCUT2D eigenvalue weighted by atomic mass is 19.3. The number of nitrogens with one attached hydrogen (secondary N) is 1. The summed E-state index contributed by atoms with van der Waals surface area (Å²) in [5, 5.41) is 0. The molecule has 1 saturated heterocycles. The fourth-order valence-electron chi connectivity index (χ4n) is 3.12. The van der Waals surface area contributed by atoms with Crippen LogP contribution in [0.3, 0.4) is 0 Å². The van der Waals surface area contributed by atoms with Crippen molar-refractivity contribution in [3.8, 4) is 0 Å². The average molecular weight is 360 g/mol. The van der Waals surface area contributed by atoms with Gasteiger partial charge in [0, 0.05) is 26.1 Å². The number of ether oxygens (including phenoxy) is 3. The Bertz CT molecular complexity index is 848. The van der Waals surface area contributed by atoms with Crippen LogP contribution in [0, 0.1) is 5.92 Å². The molecule has 1 aromatic heterocycles. The van der Waals surface area contributed by atoms with Crippen LogP contribution in [-0.4, -0.2) is 45.7 Å². The van der Waals surface area contributed by atoms with Gasteiger partial charge in [-0.3, -0.25) is 23.9 Å². The number of alkyl halides is 2. The smallest absolute Gasteiger partial charge is 0.330 e. The Morgan fingerprint density at radius 2 is 2.00 bits per heavy atom. The number of carbonyl (C=O) groups excluding carboxylic acids is 2. The zero-order valence-corrected chi connectivity index (χ0v) is 13.2. The van der Waals surface area contributed by atoms with E-state index in [4.69, 9.17) is 9.47 Å². The third kappa shape index (κ3) is 2.54. The third-order valence-electron chi connectivity index (χ3n) is 4.23. The van der Waals surface area contributed by atoms with E-state index in [0.29, 0.717) is 0 Å². The summed E-state index contributed by atoms with van der Waals surface area (Å²) < 4.78 is 44.3. The van der Waals surface area contributed by atoms with Crippen LogP contribution in [-0.2, 0) is 23.8 Å². The molecule has 25 heavy (non-hydrogen) atoms. The first kappa shape index (κ1) is 17.3. The number of halogens is 2. The van der Waals surface area contributed by atoms with Crippen molar-refractivity contribution < 1.29 is 32.6 Å². The molecule has 4 atom stereocenters. The zero-order chi connectivity index (χ0) is 18.6. The second-order valence-corrected chi connectivity index (χ2v) is 5.87. The molecule has 1 N–H and O–H groups in total. The van der Waals surface area contributed by atoms with Gasteiger partial charge in [-0.05, 0) is 0 Å². The Morgan fingerprint density at radius 3 is 2.56 bits per heavy atom. The molecular formula is C14H14F2N2O7. The number of fused-ring (bicyclic) bond motifs is 1. The first-order chi connectivity index (χ1) is 11.6. The summed E-state index contributed by atoms with van der Waals surface area (Å²) in [6, 6.07) is 0.996. The minimum absolute atomic E-state index is 0.687. The topological polar surface area (TPSA) is 117 Å². The van der Waals surface area contributed by atoms with Crippen LogP contribution < -0.4 is 11.2 Å². The third-order valence-corrected chi connectivity index (χ3v) is 4.23. The molecule has 0 amide bonds. The molecule has 1 aliphatic carbocycles. The van der Waals surface area contributed by atoms with Crippen LogP contribution in [0.4, 0.5) is 8.78 Å². The molecule has 0 spiro atoms. The highest BCUT2D eigenvalue weighted by Gasteiger charge is 2.91. The molecule has 3 rings (SSSR count). The minimum Gasteiger partial charge on any atom is -0.463 e. The number of esters is 2. The quantitative estimate of drug-likeness (QED) is 0.724. The number of nitrogens with zero attached hydrogens (tertiary/aromatic N) is 1. The van der Waals surface area contributed by atoms with E-state index in [0.717, 1.165) is 30.7 Å². The molecule has 2 heterocycles. The first-order valence-corrected chi connectivity index (χ1v) is 7.28. The van der Waals surface area contributed by atoms with E-state index in [-0.39, 0.29) is 0 Å². The SMILES string of the molecule is CC(=O)OC[C@]12O[C@@H](n3ccc(=O)[nH]c3=O)[C@H](OC(C)=O)[C@H]1C2(F)F. The van der Waals surface area contributed by atoms with Gasteiger partial charge in [0.1, 0.15) is 12.5 Å². The predicted octanol–water partition coefficient (Wildman–Crippen LogP) is -0.436. The number of aromatic nitrogens is 2. The molecule has 1 aliphatic heterocycles. The molecule has 0 unspecified atom stereocenters. The Balaban J connectivity index is 1.99. The van der Waals surface area contributed by atoms with Crippen molar-refractivity contribution in [3.05, 3.63) is 33.1 Å². The standard InChI is InChI=1S/C14H14F2N2O7/c1-6(19)23-5-13-10(14(13,15)16)9(24-7(2)20)11(25-13)18-4-3-8(21)17-12(18)22/h3-4,9-11H,5H2,1-2H3,(H,17,21,22)/t9-,10-,11-,13+/m1/s1. The molecule has 9 nitrogen and oxygen atoms in total. The van der Waals surface area contributed by atoms with Gasteiger partial charge in [0.05, 0.1) is 0 Å². The van der Waals surface area contributed by atoms with Gasteiger partial charge < -0.3 is 14.2 Å². The van der Waals surface area contributed by atoms with Gasteiger partial charge in [0.2, 0.25) is 0 Å². The largest absolute Gasteiger partial charge is 0.463 e. The van der Waals surface area contributed by atoms with Crippen molar-refractivity contribution >= 4 is 11.9 Å². The zero-order valence-electron chi connectivity index (χ0n) is 13.2. The summed E-state index contributed by atoms with van der Waals surface area (Å²) in [5.74, 6) is -6.63. The Morgan fingerprint density at radius 1 is 1.32 bits per heavy atom. The summed E-state index contributed by atoms with van der Waals surface area (Å²) in [6.45, 7) is 1.32. The van der Waals surface area contributed by atoms with Gasteiger partial charge in [-0.2, -0.15) is 0 Å². The lowest BCUT2D eigenvalue weighted by atomic mass is 10.2. The number of hydrogen-bond donors (Lipinski definition) is 1. The Kier molecular flexibility index (Phi) is 3.78. The number of rotatable bonds is 4. The molecule has 136 valence electrons. The van der Waals surface area contributed by atoms with Crippen molar-refractivity contribution in [2.45, 2.75) is 37.7 Å². The lowest BCUT2D eigenvalue weighted by molar-refractivity contribution is -0.184. The van der Waals surface area contributed by atoms with E-state index < -0.39 is 59.6 Å². The van der Waals surface area contributed by atoms with Crippen LogP contribution in [0.15, 0.2) is 21.9 Å². The fourth-order valence-corrected chi connectivity index (χ4v) is 3.12. The van der Waals surface area contributed by atoms with Crippen LogP contribution in [0.1, 0.15) is 20.1 Å². The van der Waals surface area contributed by atoms with Crippen molar-refractivity contribution in [3.63, 3.8) is 0 Å². The first-order valence-electron chi connectivity index (χ1n) is 7.28. The fraction of sp³-hybridized carbons (Fsp3) is 0.571. The van der Waals surface area contributed by atoms with E-state index in [2.05, 4.69) is 4.74 Å². The van der Waals surface area contributed by atoms with E-state index in [1.54, 1.807) is 0 Å². The lowest BCUT2D eigenvalue weighted by Gasteiger charge is -2.26. The summed E-state index contributed by atoms with van der Waals surface area (Å²) in [4.78, 5) is 47.3. The van der Waals surface area contributed by atoms with Crippen molar-refractivity contribution in [1.82, 2.24) is 9.55 Å². The maximum atomic E-state index is 14.2. The predicted molar refractivity (Wildman–Crippen MR) is 74.8 cm³/mol. The maximum Gasteiger partial charge on any atom is 0.330 e. The van der Waals surface area contributed by atoms with E-state index >= 15 is 0 Å². The summed E-state index contributed by atoms with van der Waals surface area (Å²) in [5.41, 5.74) is -3.80. The molecule has 2 aliphatic rings. The van der Waals surface area contributed by atoms with Crippen LogP contribution in [0.2, 0.25) is 0 Å². The molecule has 0 bridgehead atoms. The van der Waals surface area contributed by atoms with Gasteiger partial charge in [-0.15, -0.1) is 0 Å². The molecule has 1 aromatic rings. The highest BCUT2D eigenvalue weighted by Crippen LogP contribution is 2.70. The second-order valence-electron chi connectivity index (χ2n) is 5.87. The van der Waals surface area contributed by atoms with Crippen LogP contribution in [0.25, 0.3) is 0 Å². The number of carbonyl (C=O) groups is 2. The number of hydrogen-bond acceptors (Lipinski definition) is 7. The summed E-state index contributed by atoms with van der Waals surface area (Å²) >= 11 is 0. The molecule has 0 aromatic carbocycles. The van der Waals surface area contributed by atoms with Gasteiger partial charge in [0.25, 0.3) is 11.5 Å². The number of aromatic amines is 1. The molecule has 0 radical (unpaired) electrons. The second kappa shape index (κ2) is 5.48. The van der Waals surface area contributed by atoms with Crippen molar-refractivity contribution in [1.29, 1.82) is 0 Å². The Labute approximate surface area is 138 Å². The van der Waals surface area contributed by atoms with Gasteiger partial charge >= 0.3 is 17.6 Å². The van der Waals surface area contributed by atoms with E-state index in [1.165, 1.54) is 0 Å². The van der Waals surface area contributed by atoms with Gasteiger partial charge in [0.15, 0.2) is 17.9 Å². The lowest BCUT2D eigenvalue weighted by Crippen LogP contribution is -2.41.